The smallest absolute Gasteiger partial charge is 0.308 e. The number of carbonyl (C=O) groups excluding carboxylic acids is 2. The molecule has 32 heavy (non-hydrogen) atoms. The number of unbranched alkanes of at least 4 members (excludes halogenated alkanes) is 1. The van der Waals surface area contributed by atoms with Gasteiger partial charge in [-0.25, -0.2) is 0 Å². The maximum atomic E-state index is 14.0. The molecule has 2 N–H and O–H groups in total. The molecule has 3 aliphatic rings. The molecule has 1 aromatic carbocycles. The standard InChI is InChI=1S/C24H30N2O5S/c1-2-12-25(15-16-8-4-3-5-9-16)22(29)20-24-11-10-17(32-24)18(23(30)31)19(24)21(28)26(20)13-6-7-14-27/h2-5,8-9,17-20,27H,1,6-7,10-15H2,(H,30,31)/t17-,18+,19+,20?,24?/m1/s1. The molecule has 0 radical (unpaired) electrons. The molecule has 1 spiro atoms. The Morgan fingerprint density at radius 2 is 2.03 bits per heavy atom. The van der Waals surface area contributed by atoms with E-state index in [2.05, 4.69) is 6.58 Å². The van der Waals surface area contributed by atoms with Gasteiger partial charge in [0, 0.05) is 31.5 Å². The lowest BCUT2D eigenvalue weighted by Crippen LogP contribution is -2.54. The number of rotatable bonds is 10. The lowest BCUT2D eigenvalue weighted by atomic mass is 9.71. The van der Waals surface area contributed by atoms with E-state index < -0.39 is 28.6 Å². The lowest BCUT2D eigenvalue weighted by molar-refractivity contribution is -0.148. The molecule has 2 amide bonds. The summed E-state index contributed by atoms with van der Waals surface area (Å²) in [4.78, 5) is 42.9. The molecule has 2 unspecified atom stereocenters. The van der Waals surface area contributed by atoms with Gasteiger partial charge in [0.05, 0.1) is 16.6 Å². The second kappa shape index (κ2) is 9.27. The molecular weight excluding hydrogens is 428 g/mol. The molecule has 3 fully saturated rings. The van der Waals surface area contributed by atoms with E-state index in [0.29, 0.717) is 45.3 Å². The highest BCUT2D eigenvalue weighted by Gasteiger charge is 2.73. The number of carboxylic acid groups (broad SMARTS) is 1. The molecule has 0 saturated carbocycles. The number of carbonyl (C=O) groups is 3. The van der Waals surface area contributed by atoms with Gasteiger partial charge < -0.3 is 20.0 Å². The molecule has 7 nitrogen and oxygen atoms in total. The number of benzene rings is 1. The molecule has 172 valence electrons. The van der Waals surface area contributed by atoms with Crippen molar-refractivity contribution in [3.05, 3.63) is 48.6 Å². The van der Waals surface area contributed by atoms with Gasteiger partial charge in [0.2, 0.25) is 11.8 Å². The molecule has 0 aromatic heterocycles. The SMILES string of the molecule is C=CCN(Cc1ccccc1)C(=O)C1N(CCCCO)C(=O)[C@@H]2[C@@H](C(=O)O)[C@H]3CCC12S3. The Kier molecular flexibility index (Phi) is 6.62. The Balaban J connectivity index is 1.69. The van der Waals surface area contributed by atoms with Crippen molar-refractivity contribution in [3.8, 4) is 0 Å². The summed E-state index contributed by atoms with van der Waals surface area (Å²) in [6.45, 7) is 4.92. The van der Waals surface area contributed by atoms with E-state index in [1.165, 1.54) is 0 Å². The van der Waals surface area contributed by atoms with Crippen molar-refractivity contribution in [3.63, 3.8) is 0 Å². The summed E-state index contributed by atoms with van der Waals surface area (Å²) >= 11 is 1.54. The number of carboxylic acids is 1. The summed E-state index contributed by atoms with van der Waals surface area (Å²) in [5.74, 6) is -2.73. The topological polar surface area (TPSA) is 98.2 Å². The van der Waals surface area contributed by atoms with Crippen molar-refractivity contribution in [2.45, 2.75) is 48.3 Å². The summed E-state index contributed by atoms with van der Waals surface area (Å²) in [6, 6.07) is 8.99. The Morgan fingerprint density at radius 3 is 2.69 bits per heavy atom. The largest absolute Gasteiger partial charge is 0.481 e. The highest BCUT2D eigenvalue weighted by molar-refractivity contribution is 8.02. The number of aliphatic hydroxyl groups excluding tert-OH is 1. The van der Waals surface area contributed by atoms with Crippen LogP contribution in [0.4, 0.5) is 0 Å². The van der Waals surface area contributed by atoms with Crippen LogP contribution < -0.4 is 0 Å². The third-order valence-corrected chi connectivity index (χ3v) is 8.96. The van der Waals surface area contributed by atoms with Gasteiger partial charge in [0.15, 0.2) is 0 Å². The summed E-state index contributed by atoms with van der Waals surface area (Å²) in [5.41, 5.74) is 0.986. The van der Waals surface area contributed by atoms with Crippen molar-refractivity contribution >= 4 is 29.5 Å². The van der Waals surface area contributed by atoms with E-state index in [4.69, 9.17) is 0 Å². The fourth-order valence-corrected chi connectivity index (χ4v) is 7.92. The van der Waals surface area contributed by atoms with Crippen LogP contribution in [0.5, 0.6) is 0 Å². The van der Waals surface area contributed by atoms with Crippen LogP contribution >= 0.6 is 11.8 Å². The highest BCUT2D eigenvalue weighted by Crippen LogP contribution is 2.66. The number of nitrogens with zero attached hydrogens (tertiary/aromatic N) is 2. The van der Waals surface area contributed by atoms with Crippen LogP contribution in [0.15, 0.2) is 43.0 Å². The number of aliphatic hydroxyl groups is 1. The normalized spacial score (nSPS) is 30.4. The van der Waals surface area contributed by atoms with Gasteiger partial charge in [-0.3, -0.25) is 14.4 Å². The van der Waals surface area contributed by atoms with Crippen LogP contribution in [0.1, 0.15) is 31.2 Å². The first-order chi connectivity index (χ1) is 15.4. The first-order valence-electron chi connectivity index (χ1n) is 11.2. The van der Waals surface area contributed by atoms with E-state index in [9.17, 15) is 24.6 Å². The molecule has 3 saturated heterocycles. The zero-order valence-electron chi connectivity index (χ0n) is 18.1. The average Bonchev–Trinajstić information content (AvgIpc) is 3.42. The van der Waals surface area contributed by atoms with E-state index in [0.717, 1.165) is 5.56 Å². The number of likely N-dealkylation sites (tertiary alicyclic amines) is 1. The molecule has 3 heterocycles. The van der Waals surface area contributed by atoms with Gasteiger partial charge in [-0.05, 0) is 31.2 Å². The Hall–Kier alpha value is -2.32. The third kappa shape index (κ3) is 3.73. The molecule has 0 aliphatic carbocycles. The number of fused-ring (bicyclic) bond motifs is 1. The van der Waals surface area contributed by atoms with Gasteiger partial charge in [-0.2, -0.15) is 0 Å². The predicted octanol–water partition coefficient (Wildman–Crippen LogP) is 2.15. The van der Waals surface area contributed by atoms with Crippen LogP contribution in [0.25, 0.3) is 0 Å². The summed E-state index contributed by atoms with van der Waals surface area (Å²) in [5, 5.41) is 19.0. The van der Waals surface area contributed by atoms with Crippen molar-refractivity contribution in [2.24, 2.45) is 11.8 Å². The Morgan fingerprint density at radius 1 is 1.28 bits per heavy atom. The molecule has 1 aromatic rings. The Bertz CT molecular complexity index is 894. The van der Waals surface area contributed by atoms with Crippen molar-refractivity contribution in [1.29, 1.82) is 0 Å². The number of aliphatic carboxylic acids is 1. The second-order valence-electron chi connectivity index (χ2n) is 8.85. The summed E-state index contributed by atoms with van der Waals surface area (Å²) in [6.07, 6.45) is 4.16. The fourth-order valence-electron chi connectivity index (χ4n) is 5.71. The second-order valence-corrected chi connectivity index (χ2v) is 10.5. The maximum absolute atomic E-state index is 14.0. The van der Waals surface area contributed by atoms with Crippen LogP contribution in [0.3, 0.4) is 0 Å². The molecule has 5 atom stereocenters. The minimum absolute atomic E-state index is 0.0143. The van der Waals surface area contributed by atoms with Crippen LogP contribution in [-0.4, -0.2) is 73.5 Å². The van der Waals surface area contributed by atoms with Gasteiger partial charge in [0.1, 0.15) is 6.04 Å². The Labute approximate surface area is 192 Å². The number of amides is 2. The molecule has 4 rings (SSSR count). The van der Waals surface area contributed by atoms with Gasteiger partial charge in [-0.1, -0.05) is 36.4 Å². The molecule has 8 heteroatoms. The highest BCUT2D eigenvalue weighted by atomic mass is 32.2. The molecular formula is C24H30N2O5S. The first kappa shape index (κ1) is 22.9. The molecule has 3 aliphatic heterocycles. The number of thioether (sulfide) groups is 1. The van der Waals surface area contributed by atoms with E-state index in [1.54, 1.807) is 27.6 Å². The number of hydrogen-bond donors (Lipinski definition) is 2. The maximum Gasteiger partial charge on any atom is 0.308 e. The van der Waals surface area contributed by atoms with Gasteiger partial charge in [-0.15, -0.1) is 18.3 Å². The number of hydrogen-bond acceptors (Lipinski definition) is 5. The van der Waals surface area contributed by atoms with E-state index >= 15 is 0 Å². The van der Waals surface area contributed by atoms with E-state index in [-0.39, 0.29) is 23.7 Å². The van der Waals surface area contributed by atoms with E-state index in [1.807, 2.05) is 30.3 Å². The zero-order chi connectivity index (χ0) is 22.9. The summed E-state index contributed by atoms with van der Waals surface area (Å²) < 4.78 is -0.697. The van der Waals surface area contributed by atoms with Gasteiger partial charge >= 0.3 is 5.97 Å². The monoisotopic (exact) mass is 458 g/mol. The minimum Gasteiger partial charge on any atom is -0.481 e. The van der Waals surface area contributed by atoms with Crippen molar-refractivity contribution in [1.82, 2.24) is 9.80 Å². The lowest BCUT2D eigenvalue weighted by Gasteiger charge is -2.37. The third-order valence-electron chi connectivity index (χ3n) is 7.00. The van der Waals surface area contributed by atoms with Gasteiger partial charge in [0.25, 0.3) is 0 Å². The zero-order valence-corrected chi connectivity index (χ0v) is 18.9. The average molecular weight is 459 g/mol. The van der Waals surface area contributed by atoms with Crippen LogP contribution in [0, 0.1) is 11.8 Å². The van der Waals surface area contributed by atoms with Crippen LogP contribution in [0.2, 0.25) is 0 Å². The van der Waals surface area contributed by atoms with Crippen molar-refractivity contribution < 1.29 is 24.6 Å². The fraction of sp³-hybridized carbons (Fsp3) is 0.542. The molecule has 2 bridgehead atoms. The summed E-state index contributed by atoms with van der Waals surface area (Å²) in [7, 11) is 0. The van der Waals surface area contributed by atoms with Crippen LogP contribution in [-0.2, 0) is 20.9 Å². The van der Waals surface area contributed by atoms with Crippen molar-refractivity contribution in [2.75, 3.05) is 19.7 Å². The quantitative estimate of drug-likeness (QED) is 0.412. The predicted molar refractivity (Wildman–Crippen MR) is 122 cm³/mol. The first-order valence-corrected chi connectivity index (χ1v) is 12.1. The minimum atomic E-state index is -0.946.